The molecule has 5 heteroatoms. The van der Waals surface area contributed by atoms with Gasteiger partial charge in [0.1, 0.15) is 18.0 Å². The fourth-order valence-electron chi connectivity index (χ4n) is 2.74. The van der Waals surface area contributed by atoms with Crippen molar-refractivity contribution in [1.29, 1.82) is 0 Å². The summed E-state index contributed by atoms with van der Waals surface area (Å²) in [4.78, 5) is 13.1. The van der Waals surface area contributed by atoms with Gasteiger partial charge in [-0.25, -0.2) is 9.97 Å². The van der Waals surface area contributed by atoms with Crippen molar-refractivity contribution in [1.82, 2.24) is 9.97 Å². The van der Waals surface area contributed by atoms with Crippen LogP contribution in [0.4, 0.5) is 23.0 Å². The zero-order valence-electron chi connectivity index (χ0n) is 15.6. The van der Waals surface area contributed by atoms with Gasteiger partial charge in [-0.3, -0.25) is 0 Å². The highest BCUT2D eigenvalue weighted by molar-refractivity contribution is 5.62. The van der Waals surface area contributed by atoms with Crippen LogP contribution < -0.4 is 15.1 Å². The molecule has 0 saturated heterocycles. The summed E-state index contributed by atoms with van der Waals surface area (Å²) in [5.41, 5.74) is 3.44. The van der Waals surface area contributed by atoms with Gasteiger partial charge in [-0.15, -0.1) is 0 Å². The number of aromatic nitrogens is 2. The first kappa shape index (κ1) is 17.7. The summed E-state index contributed by atoms with van der Waals surface area (Å²) in [6.07, 6.45) is 1.61. The molecule has 1 aromatic heterocycles. The van der Waals surface area contributed by atoms with Crippen LogP contribution in [0.15, 0.2) is 67.0 Å². The lowest BCUT2D eigenvalue weighted by Crippen LogP contribution is -2.23. The van der Waals surface area contributed by atoms with Gasteiger partial charge < -0.3 is 15.1 Å². The van der Waals surface area contributed by atoms with Gasteiger partial charge in [-0.05, 0) is 36.8 Å². The van der Waals surface area contributed by atoms with Crippen LogP contribution in [0.2, 0.25) is 0 Å². The van der Waals surface area contributed by atoms with E-state index in [-0.39, 0.29) is 0 Å². The minimum atomic E-state index is 0.791. The molecule has 2 aromatic carbocycles. The normalized spacial score (nSPS) is 10.4. The average Bonchev–Trinajstić information content (AvgIpc) is 2.67. The van der Waals surface area contributed by atoms with Crippen LogP contribution in [-0.4, -0.2) is 30.6 Å². The van der Waals surface area contributed by atoms with Gasteiger partial charge in [0.15, 0.2) is 0 Å². The second-order valence-corrected chi connectivity index (χ2v) is 6.33. The summed E-state index contributed by atoms with van der Waals surface area (Å²) in [5.74, 6) is 1.71. The van der Waals surface area contributed by atoms with E-state index < -0.39 is 0 Å². The molecule has 0 bridgehead atoms. The van der Waals surface area contributed by atoms with Crippen molar-refractivity contribution in [2.24, 2.45) is 0 Å². The van der Waals surface area contributed by atoms with E-state index in [1.165, 1.54) is 11.3 Å². The summed E-state index contributed by atoms with van der Waals surface area (Å²) in [6, 6.07) is 20.7. The highest BCUT2D eigenvalue weighted by Gasteiger charge is 2.08. The molecule has 0 unspecified atom stereocenters. The van der Waals surface area contributed by atoms with Crippen LogP contribution in [0.5, 0.6) is 0 Å². The Morgan fingerprint density at radius 2 is 1.65 bits per heavy atom. The third-order valence-electron chi connectivity index (χ3n) is 4.23. The van der Waals surface area contributed by atoms with Crippen molar-refractivity contribution in [3.8, 4) is 0 Å². The van der Waals surface area contributed by atoms with E-state index in [1.807, 2.05) is 26.2 Å². The fourth-order valence-corrected chi connectivity index (χ4v) is 2.74. The summed E-state index contributed by atoms with van der Waals surface area (Å²) in [7, 11) is 4.07. The van der Waals surface area contributed by atoms with Crippen molar-refractivity contribution in [2.75, 3.05) is 35.8 Å². The van der Waals surface area contributed by atoms with Crippen molar-refractivity contribution in [3.63, 3.8) is 0 Å². The molecule has 1 heterocycles. The number of nitrogens with one attached hydrogen (secondary N) is 1. The first-order chi connectivity index (χ1) is 12.7. The van der Waals surface area contributed by atoms with Crippen LogP contribution in [0.1, 0.15) is 12.5 Å². The standard InChI is InChI=1S/C21H25N5/c1-4-26(15-17-8-6-5-7-9-17)21-14-20(22-16-23-21)24-18-10-12-19(13-11-18)25(2)3/h5-14,16H,4,15H2,1-3H3,(H,22,23,24). The largest absolute Gasteiger partial charge is 0.378 e. The smallest absolute Gasteiger partial charge is 0.135 e. The summed E-state index contributed by atoms with van der Waals surface area (Å²) in [5, 5.41) is 3.36. The van der Waals surface area contributed by atoms with Gasteiger partial charge in [0.05, 0.1) is 0 Å². The maximum Gasteiger partial charge on any atom is 0.135 e. The summed E-state index contributed by atoms with van der Waals surface area (Å²) in [6.45, 7) is 3.84. The van der Waals surface area contributed by atoms with E-state index >= 15 is 0 Å². The molecule has 5 nitrogen and oxygen atoms in total. The Hall–Kier alpha value is -3.08. The number of rotatable bonds is 7. The molecule has 0 atom stereocenters. The van der Waals surface area contributed by atoms with Gasteiger partial charge in [-0.2, -0.15) is 0 Å². The van der Waals surface area contributed by atoms with E-state index in [4.69, 9.17) is 0 Å². The van der Waals surface area contributed by atoms with Crippen LogP contribution in [0.3, 0.4) is 0 Å². The van der Waals surface area contributed by atoms with Gasteiger partial charge in [0.25, 0.3) is 0 Å². The predicted octanol–water partition coefficient (Wildman–Crippen LogP) is 4.31. The Balaban J connectivity index is 1.74. The Morgan fingerprint density at radius 1 is 0.923 bits per heavy atom. The van der Waals surface area contributed by atoms with E-state index in [2.05, 4.69) is 80.5 Å². The molecule has 0 saturated carbocycles. The third kappa shape index (κ3) is 4.51. The summed E-state index contributed by atoms with van der Waals surface area (Å²) < 4.78 is 0. The molecule has 0 aliphatic carbocycles. The molecule has 1 N–H and O–H groups in total. The predicted molar refractivity (Wildman–Crippen MR) is 109 cm³/mol. The molecule has 0 radical (unpaired) electrons. The number of benzene rings is 2. The van der Waals surface area contributed by atoms with Crippen LogP contribution in [0.25, 0.3) is 0 Å². The molecule has 134 valence electrons. The molecular formula is C21H25N5. The molecule has 0 amide bonds. The van der Waals surface area contributed by atoms with Gasteiger partial charge in [0, 0.05) is 44.6 Å². The number of hydrogen-bond donors (Lipinski definition) is 1. The number of hydrogen-bond acceptors (Lipinski definition) is 5. The van der Waals surface area contributed by atoms with Gasteiger partial charge in [-0.1, -0.05) is 30.3 Å². The molecule has 3 rings (SSSR count). The Labute approximate surface area is 155 Å². The molecule has 0 aliphatic rings. The highest BCUT2D eigenvalue weighted by Crippen LogP contribution is 2.22. The van der Waals surface area contributed by atoms with Crippen LogP contribution in [-0.2, 0) is 6.54 Å². The minimum Gasteiger partial charge on any atom is -0.378 e. The Bertz CT molecular complexity index is 815. The van der Waals surface area contributed by atoms with Crippen molar-refractivity contribution in [3.05, 3.63) is 72.6 Å². The lowest BCUT2D eigenvalue weighted by Gasteiger charge is -2.22. The van der Waals surface area contributed by atoms with E-state index in [0.717, 1.165) is 30.4 Å². The maximum atomic E-state index is 4.45. The molecule has 3 aromatic rings. The second-order valence-electron chi connectivity index (χ2n) is 6.33. The second kappa shape index (κ2) is 8.34. The monoisotopic (exact) mass is 347 g/mol. The number of anilines is 4. The Morgan fingerprint density at radius 3 is 2.31 bits per heavy atom. The highest BCUT2D eigenvalue weighted by atomic mass is 15.2. The topological polar surface area (TPSA) is 44.3 Å². The van der Waals surface area contributed by atoms with Gasteiger partial charge in [0.2, 0.25) is 0 Å². The van der Waals surface area contributed by atoms with Crippen molar-refractivity contribution in [2.45, 2.75) is 13.5 Å². The summed E-state index contributed by atoms with van der Waals surface area (Å²) >= 11 is 0. The lowest BCUT2D eigenvalue weighted by molar-refractivity contribution is 0.810. The molecule has 0 spiro atoms. The zero-order chi connectivity index (χ0) is 18.4. The molecule has 0 fully saturated rings. The molecule has 0 aliphatic heterocycles. The maximum absolute atomic E-state index is 4.45. The van der Waals surface area contributed by atoms with Crippen molar-refractivity contribution >= 4 is 23.0 Å². The van der Waals surface area contributed by atoms with Gasteiger partial charge >= 0.3 is 0 Å². The quantitative estimate of drug-likeness (QED) is 0.690. The minimum absolute atomic E-state index is 0.791. The van der Waals surface area contributed by atoms with E-state index in [9.17, 15) is 0 Å². The lowest BCUT2D eigenvalue weighted by atomic mass is 10.2. The van der Waals surface area contributed by atoms with E-state index in [0.29, 0.717) is 0 Å². The fraction of sp³-hybridized carbons (Fsp3) is 0.238. The van der Waals surface area contributed by atoms with Crippen LogP contribution in [0, 0.1) is 0 Å². The first-order valence-corrected chi connectivity index (χ1v) is 8.81. The zero-order valence-corrected chi connectivity index (χ0v) is 15.6. The molecule has 26 heavy (non-hydrogen) atoms. The first-order valence-electron chi connectivity index (χ1n) is 8.81. The third-order valence-corrected chi connectivity index (χ3v) is 4.23. The van der Waals surface area contributed by atoms with Crippen molar-refractivity contribution < 1.29 is 0 Å². The SMILES string of the molecule is CCN(Cc1ccccc1)c1cc(Nc2ccc(N(C)C)cc2)ncn1. The van der Waals surface area contributed by atoms with E-state index in [1.54, 1.807) is 6.33 Å². The molecular weight excluding hydrogens is 322 g/mol. The average molecular weight is 347 g/mol. The van der Waals surface area contributed by atoms with Crippen LogP contribution >= 0.6 is 0 Å². The number of nitrogens with zero attached hydrogens (tertiary/aromatic N) is 4. The Kier molecular flexibility index (Phi) is 5.69.